The normalized spacial score (nSPS) is 20.8. The molecule has 3 aliphatic rings. The molecule has 9 nitrogen and oxygen atoms in total. The molecule has 3 aromatic rings. The number of nitrogens with zero attached hydrogens (tertiary/aromatic N) is 3. The number of morpholine rings is 1. The van der Waals surface area contributed by atoms with Crippen molar-refractivity contribution < 1.29 is 32.2 Å². The van der Waals surface area contributed by atoms with Crippen LogP contribution < -0.4 is 25.0 Å². The van der Waals surface area contributed by atoms with Crippen molar-refractivity contribution in [3.8, 4) is 11.5 Å². The maximum atomic E-state index is 14.1. The molecule has 2 N–H and O–H groups in total. The van der Waals surface area contributed by atoms with E-state index in [1.807, 2.05) is 12.1 Å². The van der Waals surface area contributed by atoms with E-state index in [0.717, 1.165) is 10.4 Å². The molecule has 6 rings (SSSR count). The molecule has 1 fully saturated rings. The lowest BCUT2D eigenvalue weighted by molar-refractivity contribution is -0.173. The first-order chi connectivity index (χ1) is 17.9. The number of ether oxygens (including phenoxy) is 3. The quantitative estimate of drug-likeness (QED) is 0.534. The summed E-state index contributed by atoms with van der Waals surface area (Å²) in [5.74, 6) is 0.557. The molecule has 3 aliphatic heterocycles. The average Bonchev–Trinajstić information content (AvgIpc) is 3.55. The fraction of sp³-hybridized carbons (Fsp3) is 0.360. The third-order valence-corrected chi connectivity index (χ3v) is 6.73. The third kappa shape index (κ3) is 4.52. The number of fused-ring (bicyclic) bond motifs is 2. The van der Waals surface area contributed by atoms with Gasteiger partial charge in [0.1, 0.15) is 5.82 Å². The molecular weight excluding hydrogens is 491 g/mol. The van der Waals surface area contributed by atoms with Crippen molar-refractivity contribution in [1.29, 1.82) is 0 Å². The number of carbonyl (C=O) groups excluding carboxylic acids is 1. The summed E-state index contributed by atoms with van der Waals surface area (Å²) in [7, 11) is 0. The van der Waals surface area contributed by atoms with E-state index in [1.165, 1.54) is 6.07 Å². The van der Waals surface area contributed by atoms with Gasteiger partial charge in [0.25, 0.3) is 5.91 Å². The Morgan fingerprint density at radius 2 is 1.84 bits per heavy atom. The molecule has 0 bridgehead atoms. The van der Waals surface area contributed by atoms with Crippen LogP contribution in [0.5, 0.6) is 11.5 Å². The molecule has 2 unspecified atom stereocenters. The topological polar surface area (TPSA) is 89.9 Å². The predicted octanol–water partition coefficient (Wildman–Crippen LogP) is 4.36. The lowest BCUT2D eigenvalue weighted by atomic mass is 9.96. The lowest BCUT2D eigenvalue weighted by Crippen LogP contribution is -2.36. The summed E-state index contributed by atoms with van der Waals surface area (Å²) < 4.78 is 59.2. The van der Waals surface area contributed by atoms with Crippen molar-refractivity contribution in [2.45, 2.75) is 24.7 Å². The number of nitrogens with one attached hydrogen (secondary N) is 2. The second kappa shape index (κ2) is 9.18. The highest BCUT2D eigenvalue weighted by Gasteiger charge is 2.47. The number of amides is 1. The summed E-state index contributed by atoms with van der Waals surface area (Å²) in [6, 6.07) is 11.1. The highest BCUT2D eigenvalue weighted by molar-refractivity contribution is 6.05. The van der Waals surface area contributed by atoms with E-state index in [1.54, 1.807) is 30.3 Å². The predicted molar refractivity (Wildman–Crippen MR) is 128 cm³/mol. The standard InChI is InChI=1S/C25H24F3N5O4/c26-25(27,28)22-12-17(15-5-6-20-21(11-15)37-14-36-20)29-23-13-18(31-33(22)23)24(34)30-16-3-1-2-4-19(16)32-7-9-35-10-8-32/h1-6,11,13,17,22,29H,7-10,12,14H2,(H,30,34). The zero-order valence-corrected chi connectivity index (χ0v) is 19.6. The largest absolute Gasteiger partial charge is 0.454 e. The molecule has 1 aromatic heterocycles. The van der Waals surface area contributed by atoms with Crippen LogP contribution in [0.3, 0.4) is 0 Å². The second-order valence-electron chi connectivity index (χ2n) is 9.03. The van der Waals surface area contributed by atoms with E-state index < -0.39 is 24.2 Å². The van der Waals surface area contributed by atoms with Gasteiger partial charge in [0, 0.05) is 25.6 Å². The van der Waals surface area contributed by atoms with E-state index in [9.17, 15) is 18.0 Å². The number of halogens is 3. The summed E-state index contributed by atoms with van der Waals surface area (Å²) >= 11 is 0. The monoisotopic (exact) mass is 515 g/mol. The molecule has 1 amide bonds. The van der Waals surface area contributed by atoms with E-state index in [-0.39, 0.29) is 24.7 Å². The Hall–Kier alpha value is -3.93. The number of aromatic nitrogens is 2. The van der Waals surface area contributed by atoms with Gasteiger partial charge in [-0.15, -0.1) is 0 Å². The van der Waals surface area contributed by atoms with Gasteiger partial charge in [-0.2, -0.15) is 18.3 Å². The minimum absolute atomic E-state index is 0.0714. The Kier molecular flexibility index (Phi) is 5.82. The number of para-hydroxylation sites is 2. The van der Waals surface area contributed by atoms with Crippen LogP contribution in [0.1, 0.15) is 34.6 Å². The van der Waals surface area contributed by atoms with Crippen LogP contribution in [-0.2, 0) is 4.74 Å². The van der Waals surface area contributed by atoms with Gasteiger partial charge in [0.2, 0.25) is 6.79 Å². The summed E-state index contributed by atoms with van der Waals surface area (Å²) in [6.07, 6.45) is -4.85. The molecule has 194 valence electrons. The van der Waals surface area contributed by atoms with Crippen LogP contribution in [0, 0.1) is 0 Å². The first kappa shape index (κ1) is 23.5. The van der Waals surface area contributed by atoms with E-state index in [4.69, 9.17) is 14.2 Å². The molecular formula is C25H24F3N5O4. The maximum absolute atomic E-state index is 14.1. The van der Waals surface area contributed by atoms with Gasteiger partial charge in [-0.1, -0.05) is 18.2 Å². The Labute approximate surface area is 210 Å². The van der Waals surface area contributed by atoms with Crippen LogP contribution in [0.4, 0.5) is 30.4 Å². The highest BCUT2D eigenvalue weighted by Crippen LogP contribution is 2.45. The number of carbonyl (C=O) groups is 1. The zero-order chi connectivity index (χ0) is 25.6. The van der Waals surface area contributed by atoms with Crippen LogP contribution in [0.15, 0.2) is 48.5 Å². The summed E-state index contributed by atoms with van der Waals surface area (Å²) in [5, 5.41) is 10.00. The number of hydrogen-bond acceptors (Lipinski definition) is 7. The van der Waals surface area contributed by atoms with Gasteiger partial charge in [-0.3, -0.25) is 4.79 Å². The van der Waals surface area contributed by atoms with Crippen LogP contribution in [0.2, 0.25) is 0 Å². The molecule has 37 heavy (non-hydrogen) atoms. The first-order valence-electron chi connectivity index (χ1n) is 11.9. The summed E-state index contributed by atoms with van der Waals surface area (Å²) in [4.78, 5) is 15.2. The summed E-state index contributed by atoms with van der Waals surface area (Å²) in [6.45, 7) is 2.56. The Balaban J connectivity index is 1.27. The molecule has 2 atom stereocenters. The SMILES string of the molecule is O=C(Nc1ccccc1N1CCOCC1)c1cc2n(n1)C(C(F)(F)F)CC(c1ccc3c(c1)OCO3)N2. The number of alkyl halides is 3. The van der Waals surface area contributed by atoms with Crippen LogP contribution in [-0.4, -0.2) is 55.0 Å². The van der Waals surface area contributed by atoms with Crippen molar-refractivity contribution in [3.63, 3.8) is 0 Å². The maximum Gasteiger partial charge on any atom is 0.410 e. The van der Waals surface area contributed by atoms with Gasteiger partial charge < -0.3 is 29.7 Å². The third-order valence-electron chi connectivity index (χ3n) is 6.73. The number of benzene rings is 2. The first-order valence-corrected chi connectivity index (χ1v) is 11.9. The molecule has 0 saturated carbocycles. The van der Waals surface area contributed by atoms with Crippen molar-refractivity contribution in [1.82, 2.24) is 9.78 Å². The minimum atomic E-state index is -4.56. The van der Waals surface area contributed by atoms with Crippen LogP contribution >= 0.6 is 0 Å². The van der Waals surface area contributed by atoms with Gasteiger partial charge in [0.05, 0.1) is 30.6 Å². The molecule has 2 aromatic carbocycles. The minimum Gasteiger partial charge on any atom is -0.454 e. The molecule has 12 heteroatoms. The fourth-order valence-corrected chi connectivity index (χ4v) is 4.88. The van der Waals surface area contributed by atoms with Gasteiger partial charge in [-0.25, -0.2) is 4.68 Å². The lowest BCUT2D eigenvalue weighted by Gasteiger charge is -2.33. The van der Waals surface area contributed by atoms with E-state index in [2.05, 4.69) is 20.6 Å². The second-order valence-corrected chi connectivity index (χ2v) is 9.03. The molecule has 0 aliphatic carbocycles. The number of rotatable bonds is 4. The average molecular weight is 515 g/mol. The van der Waals surface area contributed by atoms with E-state index in [0.29, 0.717) is 49.1 Å². The van der Waals surface area contributed by atoms with Gasteiger partial charge in [0.15, 0.2) is 23.2 Å². The van der Waals surface area contributed by atoms with Gasteiger partial charge in [-0.05, 0) is 29.8 Å². The van der Waals surface area contributed by atoms with E-state index >= 15 is 0 Å². The highest BCUT2D eigenvalue weighted by atomic mass is 19.4. The molecule has 0 radical (unpaired) electrons. The Morgan fingerprint density at radius 3 is 2.65 bits per heavy atom. The van der Waals surface area contributed by atoms with Crippen molar-refractivity contribution in [2.75, 3.05) is 48.6 Å². The van der Waals surface area contributed by atoms with Crippen molar-refractivity contribution in [2.24, 2.45) is 0 Å². The fourth-order valence-electron chi connectivity index (χ4n) is 4.88. The number of hydrogen-bond donors (Lipinski definition) is 2. The van der Waals surface area contributed by atoms with Crippen molar-refractivity contribution in [3.05, 3.63) is 59.8 Å². The summed E-state index contributed by atoms with van der Waals surface area (Å²) in [5.41, 5.74) is 1.88. The van der Waals surface area contributed by atoms with Gasteiger partial charge >= 0.3 is 6.18 Å². The Morgan fingerprint density at radius 1 is 1.05 bits per heavy atom. The smallest absolute Gasteiger partial charge is 0.410 e. The van der Waals surface area contributed by atoms with Crippen LogP contribution in [0.25, 0.3) is 0 Å². The Bertz CT molecular complexity index is 1320. The number of anilines is 3. The zero-order valence-electron chi connectivity index (χ0n) is 19.6. The molecule has 0 spiro atoms. The molecule has 1 saturated heterocycles. The van der Waals surface area contributed by atoms with Crippen molar-refractivity contribution >= 4 is 23.1 Å². The molecule has 4 heterocycles.